The number of methoxy groups -OCH3 is 1. The number of carbonyl (C=O) groups is 2. The molecule has 0 unspecified atom stereocenters. The van der Waals surface area contributed by atoms with Crippen LogP contribution in [-0.2, 0) is 6.54 Å². The number of carbonyl (C=O) groups excluding carboxylic acids is 2. The number of hydrogen-bond acceptors (Lipinski definition) is 4. The van der Waals surface area contributed by atoms with Crippen LogP contribution in [0.3, 0.4) is 0 Å². The Bertz CT molecular complexity index is 925. The molecule has 27 heavy (non-hydrogen) atoms. The largest absolute Gasteiger partial charge is 0.495 e. The molecule has 0 atom stereocenters. The van der Waals surface area contributed by atoms with E-state index in [-0.39, 0.29) is 11.8 Å². The van der Waals surface area contributed by atoms with Gasteiger partial charge in [0.2, 0.25) is 0 Å². The van der Waals surface area contributed by atoms with Crippen LogP contribution < -0.4 is 15.4 Å². The molecule has 0 radical (unpaired) electrons. The van der Waals surface area contributed by atoms with Gasteiger partial charge in [0.15, 0.2) is 0 Å². The predicted octanol–water partition coefficient (Wildman–Crippen LogP) is 3.27. The summed E-state index contributed by atoms with van der Waals surface area (Å²) in [6.45, 7) is 0.414. The number of pyridine rings is 1. The van der Waals surface area contributed by atoms with E-state index in [2.05, 4.69) is 15.6 Å². The summed E-state index contributed by atoms with van der Waals surface area (Å²) in [6.07, 6.45) is 3.35. The van der Waals surface area contributed by atoms with Crippen molar-refractivity contribution in [3.63, 3.8) is 0 Å². The molecule has 0 saturated carbocycles. The Morgan fingerprint density at radius 1 is 0.889 bits per heavy atom. The molecule has 1 heterocycles. The van der Waals surface area contributed by atoms with Crippen LogP contribution in [0.4, 0.5) is 5.69 Å². The average Bonchev–Trinajstić information content (AvgIpc) is 2.73. The summed E-state index contributed by atoms with van der Waals surface area (Å²) in [5.41, 5.74) is 2.49. The maximum atomic E-state index is 12.4. The average molecular weight is 361 g/mol. The molecule has 2 amide bonds. The first-order chi connectivity index (χ1) is 13.2. The lowest BCUT2D eigenvalue weighted by Crippen LogP contribution is -2.23. The van der Waals surface area contributed by atoms with Gasteiger partial charge in [-0.25, -0.2) is 0 Å². The minimum absolute atomic E-state index is 0.205. The number of benzene rings is 2. The number of amides is 2. The molecule has 6 heteroatoms. The first kappa shape index (κ1) is 18.1. The van der Waals surface area contributed by atoms with E-state index >= 15 is 0 Å². The molecule has 0 fully saturated rings. The lowest BCUT2D eigenvalue weighted by Gasteiger charge is -2.10. The van der Waals surface area contributed by atoms with Crippen LogP contribution >= 0.6 is 0 Å². The highest BCUT2D eigenvalue weighted by Gasteiger charge is 2.11. The molecule has 2 N–H and O–H groups in total. The van der Waals surface area contributed by atoms with Gasteiger partial charge in [-0.15, -0.1) is 0 Å². The maximum absolute atomic E-state index is 12.4. The highest BCUT2D eigenvalue weighted by Crippen LogP contribution is 2.23. The summed E-state index contributed by atoms with van der Waals surface area (Å²) in [7, 11) is 1.55. The van der Waals surface area contributed by atoms with Crippen molar-refractivity contribution in [1.29, 1.82) is 0 Å². The Labute approximate surface area is 157 Å². The van der Waals surface area contributed by atoms with Crippen LogP contribution in [0.15, 0.2) is 73.1 Å². The zero-order valence-electron chi connectivity index (χ0n) is 14.8. The van der Waals surface area contributed by atoms with Gasteiger partial charge in [0.25, 0.3) is 11.8 Å². The fraction of sp³-hybridized carbons (Fsp3) is 0.0952. The van der Waals surface area contributed by atoms with Crippen molar-refractivity contribution >= 4 is 17.5 Å². The lowest BCUT2D eigenvalue weighted by atomic mass is 10.1. The maximum Gasteiger partial charge on any atom is 0.255 e. The first-order valence-corrected chi connectivity index (χ1v) is 8.39. The van der Waals surface area contributed by atoms with E-state index in [0.717, 1.165) is 5.56 Å². The van der Waals surface area contributed by atoms with E-state index in [0.29, 0.717) is 29.1 Å². The van der Waals surface area contributed by atoms with Crippen molar-refractivity contribution in [3.8, 4) is 5.75 Å². The number of hydrogen-bond donors (Lipinski definition) is 2. The second kappa shape index (κ2) is 8.62. The number of aromatic nitrogens is 1. The van der Waals surface area contributed by atoms with Gasteiger partial charge in [0, 0.05) is 30.1 Å². The normalized spacial score (nSPS) is 10.1. The molecule has 2 aromatic carbocycles. The van der Waals surface area contributed by atoms with Crippen LogP contribution in [0, 0.1) is 0 Å². The Hall–Kier alpha value is -3.67. The fourth-order valence-corrected chi connectivity index (χ4v) is 2.50. The first-order valence-electron chi connectivity index (χ1n) is 8.39. The lowest BCUT2D eigenvalue weighted by molar-refractivity contribution is 0.0949. The number of nitrogens with one attached hydrogen (secondary N) is 2. The Morgan fingerprint density at radius 3 is 2.19 bits per heavy atom. The molecule has 0 saturated heterocycles. The molecule has 1 aromatic heterocycles. The second-order valence-corrected chi connectivity index (χ2v) is 5.77. The van der Waals surface area contributed by atoms with Crippen molar-refractivity contribution in [2.75, 3.05) is 12.4 Å². The summed E-state index contributed by atoms with van der Waals surface area (Å²) < 4.78 is 5.22. The summed E-state index contributed by atoms with van der Waals surface area (Å²) >= 11 is 0. The third kappa shape index (κ3) is 4.70. The monoisotopic (exact) mass is 361 g/mol. The van der Waals surface area contributed by atoms with Crippen LogP contribution in [0.5, 0.6) is 5.75 Å². The van der Waals surface area contributed by atoms with E-state index in [9.17, 15) is 9.59 Å². The summed E-state index contributed by atoms with van der Waals surface area (Å²) in [4.78, 5) is 28.6. The Morgan fingerprint density at radius 2 is 1.52 bits per heavy atom. The number of nitrogens with zero attached hydrogens (tertiary/aromatic N) is 1. The van der Waals surface area contributed by atoms with Crippen molar-refractivity contribution in [1.82, 2.24) is 10.3 Å². The highest BCUT2D eigenvalue weighted by molar-refractivity contribution is 6.05. The molecule has 0 aliphatic heterocycles. The van der Waals surface area contributed by atoms with Crippen LogP contribution in [0.25, 0.3) is 0 Å². The van der Waals surface area contributed by atoms with Gasteiger partial charge in [-0.2, -0.15) is 0 Å². The molecule has 6 nitrogen and oxygen atoms in total. The standard InChI is InChI=1S/C21H19N3O3/c1-27-19-5-3-2-4-18(19)24-21(26)17-8-6-16(7-9-17)20(25)23-14-15-10-12-22-13-11-15/h2-13H,14H2,1H3,(H,23,25)(H,24,26). The van der Waals surface area contributed by atoms with Crippen LogP contribution in [-0.4, -0.2) is 23.9 Å². The SMILES string of the molecule is COc1ccccc1NC(=O)c1ccc(C(=O)NCc2ccncc2)cc1. The number of rotatable bonds is 6. The third-order valence-electron chi connectivity index (χ3n) is 3.97. The quantitative estimate of drug-likeness (QED) is 0.706. The minimum Gasteiger partial charge on any atom is -0.495 e. The molecule has 3 rings (SSSR count). The molecule has 136 valence electrons. The second-order valence-electron chi connectivity index (χ2n) is 5.77. The van der Waals surface area contributed by atoms with E-state index in [1.165, 1.54) is 0 Å². The van der Waals surface area contributed by atoms with Gasteiger partial charge >= 0.3 is 0 Å². The number of anilines is 1. The van der Waals surface area contributed by atoms with Crippen molar-refractivity contribution in [2.24, 2.45) is 0 Å². The zero-order chi connectivity index (χ0) is 19.1. The van der Waals surface area contributed by atoms with Gasteiger partial charge in [0.1, 0.15) is 5.75 Å². The van der Waals surface area contributed by atoms with Crippen molar-refractivity contribution < 1.29 is 14.3 Å². The fourth-order valence-electron chi connectivity index (χ4n) is 2.50. The third-order valence-corrected chi connectivity index (χ3v) is 3.97. The Kier molecular flexibility index (Phi) is 5.79. The molecular formula is C21H19N3O3. The van der Waals surface area contributed by atoms with E-state index in [1.807, 2.05) is 24.3 Å². The molecular weight excluding hydrogens is 342 g/mol. The summed E-state index contributed by atoms with van der Waals surface area (Å²) in [6, 6.07) is 17.3. The molecule has 0 aliphatic carbocycles. The van der Waals surface area contributed by atoms with E-state index < -0.39 is 0 Å². The molecule has 0 aliphatic rings. The van der Waals surface area contributed by atoms with Gasteiger partial charge in [-0.3, -0.25) is 14.6 Å². The number of ether oxygens (including phenoxy) is 1. The van der Waals surface area contributed by atoms with Gasteiger partial charge in [0.05, 0.1) is 12.8 Å². The summed E-state index contributed by atoms with van der Waals surface area (Å²) in [5.74, 6) is 0.102. The smallest absolute Gasteiger partial charge is 0.255 e. The van der Waals surface area contributed by atoms with E-state index in [1.54, 1.807) is 55.9 Å². The van der Waals surface area contributed by atoms with Gasteiger partial charge < -0.3 is 15.4 Å². The molecule has 0 bridgehead atoms. The van der Waals surface area contributed by atoms with Crippen molar-refractivity contribution in [2.45, 2.75) is 6.54 Å². The summed E-state index contributed by atoms with van der Waals surface area (Å²) in [5, 5.41) is 5.64. The minimum atomic E-state index is -0.275. The Balaban J connectivity index is 1.62. The van der Waals surface area contributed by atoms with Gasteiger partial charge in [-0.05, 0) is 54.1 Å². The van der Waals surface area contributed by atoms with Crippen molar-refractivity contribution in [3.05, 3.63) is 89.7 Å². The number of para-hydroxylation sites is 2. The highest BCUT2D eigenvalue weighted by atomic mass is 16.5. The molecule has 0 spiro atoms. The van der Waals surface area contributed by atoms with Gasteiger partial charge in [-0.1, -0.05) is 12.1 Å². The van der Waals surface area contributed by atoms with Crippen LogP contribution in [0.1, 0.15) is 26.3 Å². The zero-order valence-corrected chi connectivity index (χ0v) is 14.8. The molecule has 3 aromatic rings. The predicted molar refractivity (Wildman–Crippen MR) is 103 cm³/mol. The van der Waals surface area contributed by atoms with Crippen LogP contribution in [0.2, 0.25) is 0 Å². The van der Waals surface area contributed by atoms with E-state index in [4.69, 9.17) is 4.74 Å². The topological polar surface area (TPSA) is 80.3 Å².